The van der Waals surface area contributed by atoms with E-state index >= 15 is 0 Å². The van der Waals surface area contributed by atoms with Crippen LogP contribution in [0.2, 0.25) is 0 Å². The van der Waals surface area contributed by atoms with Crippen LogP contribution in [0.25, 0.3) is 0 Å². The molecule has 0 atom stereocenters. The van der Waals surface area contributed by atoms with Crippen LogP contribution in [0.1, 0.15) is 26.4 Å². The third-order valence-electron chi connectivity index (χ3n) is 4.50. The number of carbonyl (C=O) groups is 1. The number of nitrogens with two attached hydrogens (primary N) is 1. The molecule has 0 aliphatic carbocycles. The number of amides is 1. The smallest absolute Gasteiger partial charge is 0.250 e. The zero-order valence-electron chi connectivity index (χ0n) is 14.2. The number of nitrogens with zero attached hydrogens (tertiary/aromatic N) is 2. The quantitative estimate of drug-likeness (QED) is 0.750. The Morgan fingerprint density at radius 2 is 2.15 bits per heavy atom. The van der Waals surface area contributed by atoms with Crippen LogP contribution in [0.5, 0.6) is 11.6 Å². The number of pyridine rings is 1. The van der Waals surface area contributed by atoms with E-state index in [1.54, 1.807) is 23.5 Å². The van der Waals surface area contributed by atoms with E-state index < -0.39 is 5.91 Å². The van der Waals surface area contributed by atoms with Crippen molar-refractivity contribution in [1.29, 1.82) is 0 Å². The van der Waals surface area contributed by atoms with Gasteiger partial charge in [-0.2, -0.15) is 0 Å². The number of rotatable bonds is 5. The summed E-state index contributed by atoms with van der Waals surface area (Å²) >= 11 is 1.80. The van der Waals surface area contributed by atoms with Crippen molar-refractivity contribution in [1.82, 2.24) is 9.88 Å². The number of primary amides is 1. The van der Waals surface area contributed by atoms with Crippen LogP contribution in [-0.2, 0) is 19.5 Å². The van der Waals surface area contributed by atoms with E-state index in [1.807, 2.05) is 12.1 Å². The maximum atomic E-state index is 11.1. The van der Waals surface area contributed by atoms with Crippen LogP contribution >= 0.6 is 11.3 Å². The molecular weight excluding hydrogens is 346 g/mol. The molecule has 1 amide bonds. The number of hydrogen-bond acceptors (Lipinski definition) is 5. The fraction of sp³-hybridized carbons (Fsp3) is 0.200. The number of thiophene rings is 1. The summed E-state index contributed by atoms with van der Waals surface area (Å²) < 4.78 is 5.97. The molecule has 4 rings (SSSR count). The average Bonchev–Trinajstić information content (AvgIpc) is 3.15. The second-order valence-corrected chi connectivity index (χ2v) is 7.32. The van der Waals surface area contributed by atoms with Crippen LogP contribution in [0, 0.1) is 0 Å². The number of aromatic nitrogens is 1. The van der Waals surface area contributed by atoms with Gasteiger partial charge in [-0.15, -0.1) is 11.3 Å². The van der Waals surface area contributed by atoms with Crippen LogP contribution in [0.3, 0.4) is 0 Å². The van der Waals surface area contributed by atoms with Crippen molar-refractivity contribution in [2.75, 3.05) is 6.54 Å². The van der Waals surface area contributed by atoms with Crippen molar-refractivity contribution in [3.8, 4) is 11.6 Å². The van der Waals surface area contributed by atoms with E-state index in [2.05, 4.69) is 33.5 Å². The molecule has 2 aromatic heterocycles. The number of carbonyl (C=O) groups excluding carboxylic acids is 1. The van der Waals surface area contributed by atoms with Crippen molar-refractivity contribution in [3.63, 3.8) is 0 Å². The molecule has 3 heterocycles. The summed E-state index contributed by atoms with van der Waals surface area (Å²) in [6, 6.07) is 13.7. The van der Waals surface area contributed by atoms with Gasteiger partial charge in [0, 0.05) is 42.3 Å². The van der Waals surface area contributed by atoms with Gasteiger partial charge in [-0.3, -0.25) is 9.69 Å². The van der Waals surface area contributed by atoms with E-state index in [9.17, 15) is 4.79 Å². The number of benzene rings is 1. The highest BCUT2D eigenvalue weighted by molar-refractivity contribution is 7.09. The molecule has 132 valence electrons. The van der Waals surface area contributed by atoms with Gasteiger partial charge in [0.2, 0.25) is 11.8 Å². The van der Waals surface area contributed by atoms with Gasteiger partial charge in [0.15, 0.2) is 0 Å². The van der Waals surface area contributed by atoms with Crippen LogP contribution in [0.4, 0.5) is 0 Å². The minimum absolute atomic E-state index is 0.372. The summed E-state index contributed by atoms with van der Waals surface area (Å²) in [5.74, 6) is 0.800. The summed E-state index contributed by atoms with van der Waals surface area (Å²) in [6.45, 7) is 2.90. The summed E-state index contributed by atoms with van der Waals surface area (Å²) in [5.41, 5.74) is 8.14. The second kappa shape index (κ2) is 7.27. The Bertz CT molecular complexity index is 907. The first kappa shape index (κ1) is 16.8. The maximum absolute atomic E-state index is 11.1. The summed E-state index contributed by atoms with van der Waals surface area (Å²) in [5, 5.41) is 2.12. The third kappa shape index (κ3) is 3.61. The van der Waals surface area contributed by atoms with Crippen molar-refractivity contribution in [2.45, 2.75) is 19.5 Å². The SMILES string of the molecule is NC(=O)c1ccc(Oc2cccc3c2CCN(Cc2cccs2)C3)nc1. The normalized spacial score (nSPS) is 14.0. The Hall–Kier alpha value is -2.70. The highest BCUT2D eigenvalue weighted by Crippen LogP contribution is 2.31. The topological polar surface area (TPSA) is 68.5 Å². The number of ether oxygens (including phenoxy) is 1. The molecule has 1 aliphatic heterocycles. The molecule has 0 saturated heterocycles. The van der Waals surface area contributed by atoms with Gasteiger partial charge in [-0.25, -0.2) is 4.98 Å². The lowest BCUT2D eigenvalue weighted by atomic mass is 9.98. The lowest BCUT2D eigenvalue weighted by Gasteiger charge is -2.29. The predicted octanol–water partition coefficient (Wildman–Crippen LogP) is 3.59. The fourth-order valence-corrected chi connectivity index (χ4v) is 3.93. The van der Waals surface area contributed by atoms with Crippen LogP contribution in [-0.4, -0.2) is 22.3 Å². The van der Waals surface area contributed by atoms with Gasteiger partial charge in [-0.1, -0.05) is 18.2 Å². The van der Waals surface area contributed by atoms with Gasteiger partial charge in [0.1, 0.15) is 5.75 Å². The van der Waals surface area contributed by atoms with E-state index in [-0.39, 0.29) is 0 Å². The average molecular weight is 365 g/mol. The summed E-state index contributed by atoms with van der Waals surface area (Å²) in [6.07, 6.45) is 2.38. The van der Waals surface area contributed by atoms with Crippen molar-refractivity contribution >= 4 is 17.2 Å². The van der Waals surface area contributed by atoms with Crippen LogP contribution in [0.15, 0.2) is 54.0 Å². The maximum Gasteiger partial charge on any atom is 0.250 e. The Morgan fingerprint density at radius 1 is 1.23 bits per heavy atom. The minimum Gasteiger partial charge on any atom is -0.439 e. The number of fused-ring (bicyclic) bond motifs is 1. The molecule has 0 bridgehead atoms. The molecule has 2 N–H and O–H groups in total. The first-order valence-corrected chi connectivity index (χ1v) is 9.36. The number of hydrogen-bond donors (Lipinski definition) is 1. The Labute approximate surface area is 156 Å². The summed E-state index contributed by atoms with van der Waals surface area (Å²) in [7, 11) is 0. The molecule has 0 unspecified atom stereocenters. The Morgan fingerprint density at radius 3 is 2.88 bits per heavy atom. The molecule has 0 saturated carbocycles. The van der Waals surface area contributed by atoms with Gasteiger partial charge in [-0.05, 0) is 35.6 Å². The highest BCUT2D eigenvalue weighted by atomic mass is 32.1. The molecule has 5 nitrogen and oxygen atoms in total. The zero-order chi connectivity index (χ0) is 17.9. The molecule has 6 heteroatoms. The second-order valence-electron chi connectivity index (χ2n) is 6.29. The van der Waals surface area contributed by atoms with E-state index in [4.69, 9.17) is 10.5 Å². The fourth-order valence-electron chi connectivity index (χ4n) is 3.19. The van der Waals surface area contributed by atoms with Gasteiger partial charge < -0.3 is 10.5 Å². The summed E-state index contributed by atoms with van der Waals surface area (Å²) in [4.78, 5) is 19.2. The molecule has 26 heavy (non-hydrogen) atoms. The van der Waals surface area contributed by atoms with Crippen molar-refractivity contribution in [3.05, 3.63) is 75.6 Å². The monoisotopic (exact) mass is 365 g/mol. The largest absolute Gasteiger partial charge is 0.439 e. The molecule has 0 radical (unpaired) electrons. The first-order chi connectivity index (χ1) is 12.7. The van der Waals surface area contributed by atoms with Gasteiger partial charge >= 0.3 is 0 Å². The molecule has 3 aromatic rings. The Balaban J connectivity index is 1.50. The molecule has 0 fully saturated rings. The van der Waals surface area contributed by atoms with E-state index in [0.717, 1.165) is 31.8 Å². The molecule has 0 spiro atoms. The van der Waals surface area contributed by atoms with Crippen LogP contribution < -0.4 is 10.5 Å². The minimum atomic E-state index is -0.494. The van der Waals surface area contributed by atoms with E-state index in [0.29, 0.717) is 11.4 Å². The highest BCUT2D eigenvalue weighted by Gasteiger charge is 2.20. The first-order valence-electron chi connectivity index (χ1n) is 8.48. The molecule has 1 aromatic carbocycles. The lowest BCUT2D eigenvalue weighted by Crippen LogP contribution is -2.29. The predicted molar refractivity (Wildman–Crippen MR) is 101 cm³/mol. The molecule has 1 aliphatic rings. The van der Waals surface area contributed by atoms with Gasteiger partial charge in [0.25, 0.3) is 0 Å². The zero-order valence-corrected chi connectivity index (χ0v) is 15.0. The van der Waals surface area contributed by atoms with E-state index in [1.165, 1.54) is 22.2 Å². The molecular formula is C20H19N3O2S. The standard InChI is InChI=1S/C20H19N3O2S/c21-20(24)14-6-7-19(22-11-14)25-18-5-1-3-15-12-23(9-8-17(15)18)13-16-4-2-10-26-16/h1-7,10-11H,8-9,12-13H2,(H2,21,24). The van der Waals surface area contributed by atoms with Crippen molar-refractivity contribution in [2.24, 2.45) is 5.73 Å². The third-order valence-corrected chi connectivity index (χ3v) is 5.36. The lowest BCUT2D eigenvalue weighted by molar-refractivity contribution is 0.1000. The van der Waals surface area contributed by atoms with Gasteiger partial charge in [0.05, 0.1) is 5.56 Å². The Kier molecular flexibility index (Phi) is 4.69. The van der Waals surface area contributed by atoms with Crippen molar-refractivity contribution < 1.29 is 9.53 Å².